The molecule has 2 amide bonds. The fraction of sp³-hybridized carbons (Fsp3) is 0.471. The number of carbonyl (C=O) groups is 2. The lowest BCUT2D eigenvalue weighted by molar-refractivity contribution is -0.123. The number of halogens is 3. The monoisotopic (exact) mass is 502 g/mol. The number of fused-ring (bicyclic) bond motifs is 6. The molecule has 25 heavy (non-hydrogen) atoms. The summed E-state index contributed by atoms with van der Waals surface area (Å²) in [5.41, 5.74) is 1.69. The number of aromatic nitrogens is 1. The molecule has 0 N–H and O–H groups in total. The molecule has 2 saturated carbocycles. The van der Waals surface area contributed by atoms with Crippen LogP contribution >= 0.6 is 54.8 Å². The van der Waals surface area contributed by atoms with E-state index in [-0.39, 0.29) is 45.1 Å². The predicted molar refractivity (Wildman–Crippen MR) is 106 cm³/mol. The standard InChI is InChI=1S/C17H13Br2ClN2O2S/c1-5-2-10-9(4-8(5)20)21-17(25-10)22-15(23)11-6-3-7(12(11)16(22)24)14(19)13(6)18/h2,4,6-7,11-14H,3H2,1H3/t6-,7+,11-,12+,13-,14-/m0/s1. The summed E-state index contributed by atoms with van der Waals surface area (Å²) in [6, 6.07) is 3.75. The van der Waals surface area contributed by atoms with Crippen LogP contribution in [0.25, 0.3) is 10.2 Å². The van der Waals surface area contributed by atoms with Crippen molar-refractivity contribution in [3.8, 4) is 0 Å². The van der Waals surface area contributed by atoms with Crippen molar-refractivity contribution in [2.75, 3.05) is 4.90 Å². The average molecular weight is 505 g/mol. The molecule has 2 heterocycles. The summed E-state index contributed by atoms with van der Waals surface area (Å²) in [5.74, 6) is -0.179. The maximum atomic E-state index is 13.1. The molecule has 3 aliphatic rings. The molecule has 1 aliphatic heterocycles. The van der Waals surface area contributed by atoms with Crippen LogP contribution in [0.3, 0.4) is 0 Å². The highest BCUT2D eigenvalue weighted by Gasteiger charge is 2.66. The van der Waals surface area contributed by atoms with Crippen molar-refractivity contribution in [1.29, 1.82) is 0 Å². The number of hydrogen-bond acceptors (Lipinski definition) is 4. The molecule has 1 aromatic carbocycles. The normalized spacial score (nSPS) is 36.7. The third-order valence-corrected chi connectivity index (χ3v) is 10.5. The van der Waals surface area contributed by atoms with Crippen molar-refractivity contribution in [1.82, 2.24) is 4.98 Å². The second-order valence-electron chi connectivity index (χ2n) is 7.08. The number of aryl methyl sites for hydroxylation is 1. The van der Waals surface area contributed by atoms with Gasteiger partial charge in [-0.2, -0.15) is 0 Å². The van der Waals surface area contributed by atoms with E-state index in [4.69, 9.17) is 11.6 Å². The van der Waals surface area contributed by atoms with Crippen molar-refractivity contribution >= 4 is 82.0 Å². The molecule has 8 heteroatoms. The van der Waals surface area contributed by atoms with E-state index in [1.807, 2.05) is 13.0 Å². The van der Waals surface area contributed by atoms with Crippen molar-refractivity contribution in [3.63, 3.8) is 0 Å². The zero-order chi connectivity index (χ0) is 17.6. The molecule has 1 saturated heterocycles. The van der Waals surface area contributed by atoms with Crippen molar-refractivity contribution in [2.45, 2.75) is 23.0 Å². The number of thiazole rings is 1. The second kappa shape index (κ2) is 5.50. The topological polar surface area (TPSA) is 50.3 Å². The highest BCUT2D eigenvalue weighted by atomic mass is 79.9. The van der Waals surface area contributed by atoms with Gasteiger partial charge < -0.3 is 0 Å². The summed E-state index contributed by atoms with van der Waals surface area (Å²) in [6.07, 6.45) is 0.932. The first kappa shape index (κ1) is 16.7. The van der Waals surface area contributed by atoms with Crippen LogP contribution in [-0.2, 0) is 9.59 Å². The SMILES string of the molecule is Cc1cc2sc(N3C(=O)[C@@H]4[C@H]5C[C@H]([C@H](Br)[C@H]5Br)[C@@H]4C3=O)nc2cc1Cl. The molecular formula is C17H13Br2ClN2O2S. The van der Waals surface area contributed by atoms with Gasteiger partial charge in [0.15, 0.2) is 5.13 Å². The zero-order valence-electron chi connectivity index (χ0n) is 13.1. The van der Waals surface area contributed by atoms with E-state index < -0.39 is 0 Å². The maximum Gasteiger partial charge on any atom is 0.239 e. The lowest BCUT2D eigenvalue weighted by Gasteiger charge is -2.28. The molecule has 3 fully saturated rings. The quantitative estimate of drug-likeness (QED) is 0.423. The van der Waals surface area contributed by atoms with Gasteiger partial charge in [0.05, 0.1) is 22.1 Å². The van der Waals surface area contributed by atoms with Crippen LogP contribution in [0, 0.1) is 30.6 Å². The Morgan fingerprint density at radius 3 is 2.36 bits per heavy atom. The smallest absolute Gasteiger partial charge is 0.239 e. The van der Waals surface area contributed by atoms with Gasteiger partial charge in [0.2, 0.25) is 11.8 Å². The van der Waals surface area contributed by atoms with Crippen LogP contribution in [0.5, 0.6) is 0 Å². The first-order valence-electron chi connectivity index (χ1n) is 8.11. The predicted octanol–water partition coefficient (Wildman–Crippen LogP) is 4.54. The maximum absolute atomic E-state index is 13.1. The Morgan fingerprint density at radius 1 is 1.16 bits per heavy atom. The van der Waals surface area contributed by atoms with Gasteiger partial charge >= 0.3 is 0 Å². The van der Waals surface area contributed by atoms with Crippen molar-refractivity contribution in [3.05, 3.63) is 22.7 Å². The fourth-order valence-electron chi connectivity index (χ4n) is 4.67. The van der Waals surface area contributed by atoms with E-state index in [9.17, 15) is 9.59 Å². The zero-order valence-corrected chi connectivity index (χ0v) is 17.8. The van der Waals surface area contributed by atoms with Gasteiger partial charge in [-0.15, -0.1) is 0 Å². The Labute approximate surface area is 170 Å². The van der Waals surface area contributed by atoms with E-state index in [1.165, 1.54) is 16.2 Å². The second-order valence-corrected chi connectivity index (χ2v) is 10.6. The van der Waals surface area contributed by atoms with Crippen molar-refractivity contribution in [2.24, 2.45) is 23.7 Å². The van der Waals surface area contributed by atoms with Crippen LogP contribution in [0.15, 0.2) is 12.1 Å². The molecule has 0 spiro atoms. The molecule has 6 atom stereocenters. The van der Waals surface area contributed by atoms with Gasteiger partial charge in [0.1, 0.15) is 0 Å². The largest absolute Gasteiger partial charge is 0.274 e. The number of rotatable bonds is 1. The van der Waals surface area contributed by atoms with Crippen LogP contribution in [0.1, 0.15) is 12.0 Å². The molecule has 2 bridgehead atoms. The van der Waals surface area contributed by atoms with Gasteiger partial charge in [0.25, 0.3) is 0 Å². The highest BCUT2D eigenvalue weighted by Crippen LogP contribution is 2.60. The summed E-state index contributed by atoms with van der Waals surface area (Å²) in [6.45, 7) is 1.93. The average Bonchev–Trinajstić information content (AvgIpc) is 3.26. The van der Waals surface area contributed by atoms with Crippen molar-refractivity contribution < 1.29 is 9.59 Å². The number of carbonyl (C=O) groups excluding carboxylic acids is 2. The van der Waals surface area contributed by atoms with E-state index in [0.717, 1.165) is 22.2 Å². The van der Waals surface area contributed by atoms with E-state index in [2.05, 4.69) is 36.8 Å². The molecule has 2 aromatic rings. The first-order valence-corrected chi connectivity index (χ1v) is 11.1. The number of nitrogens with zero attached hydrogens (tertiary/aromatic N) is 2. The van der Waals surface area contributed by atoms with Gasteiger partial charge in [-0.3, -0.25) is 9.59 Å². The van der Waals surface area contributed by atoms with E-state index in [1.54, 1.807) is 6.07 Å². The van der Waals surface area contributed by atoms with Crippen LogP contribution in [0.2, 0.25) is 5.02 Å². The first-order chi connectivity index (χ1) is 11.9. The van der Waals surface area contributed by atoms with E-state index in [0.29, 0.717) is 10.2 Å². The fourth-order valence-corrected chi connectivity index (χ4v) is 7.76. The van der Waals surface area contributed by atoms with Gasteiger partial charge in [0, 0.05) is 14.7 Å². The number of hydrogen-bond donors (Lipinski definition) is 0. The van der Waals surface area contributed by atoms with Gasteiger partial charge in [-0.25, -0.2) is 9.88 Å². The molecule has 0 unspecified atom stereocenters. The molecule has 2 aliphatic carbocycles. The summed E-state index contributed by atoms with van der Waals surface area (Å²) < 4.78 is 0.939. The highest BCUT2D eigenvalue weighted by molar-refractivity contribution is 9.12. The minimum absolute atomic E-state index is 0.0896. The molecule has 4 nitrogen and oxygen atoms in total. The Hall–Kier alpha value is -0.500. The number of anilines is 1. The molecule has 130 valence electrons. The Morgan fingerprint density at radius 2 is 1.76 bits per heavy atom. The van der Waals surface area contributed by atoms with Gasteiger partial charge in [-0.1, -0.05) is 54.8 Å². The number of amides is 2. The molecule has 1 aromatic heterocycles. The molecule has 5 rings (SSSR count). The summed E-state index contributed by atoms with van der Waals surface area (Å²) >= 11 is 15.0. The lowest BCUT2D eigenvalue weighted by Crippen LogP contribution is -2.37. The Bertz CT molecular complexity index is 877. The molecular weight excluding hydrogens is 492 g/mol. The number of imide groups is 1. The third kappa shape index (κ3) is 2.12. The van der Waals surface area contributed by atoms with Crippen LogP contribution in [-0.4, -0.2) is 26.5 Å². The number of benzene rings is 1. The lowest BCUT2D eigenvalue weighted by atomic mass is 9.81. The molecule has 0 radical (unpaired) electrons. The van der Waals surface area contributed by atoms with Crippen LogP contribution < -0.4 is 4.90 Å². The number of alkyl halides is 2. The Kier molecular flexibility index (Phi) is 3.67. The minimum atomic E-state index is -0.215. The van der Waals surface area contributed by atoms with E-state index >= 15 is 0 Å². The summed E-state index contributed by atoms with van der Waals surface area (Å²) in [4.78, 5) is 32.5. The Balaban J connectivity index is 1.58. The van der Waals surface area contributed by atoms with Crippen LogP contribution in [0.4, 0.5) is 5.13 Å². The summed E-state index contributed by atoms with van der Waals surface area (Å²) in [5, 5.41) is 1.11. The third-order valence-electron chi connectivity index (χ3n) is 5.84. The minimum Gasteiger partial charge on any atom is -0.274 e. The van der Waals surface area contributed by atoms with Gasteiger partial charge in [-0.05, 0) is 42.9 Å². The summed E-state index contributed by atoms with van der Waals surface area (Å²) in [7, 11) is 0.